The first-order chi connectivity index (χ1) is 9.66. The molecule has 0 fully saturated rings. The van der Waals surface area contributed by atoms with Crippen LogP contribution in [-0.4, -0.2) is 22.1 Å². The molecular weight excluding hydrogens is 276 g/mol. The Kier molecular flexibility index (Phi) is 4.89. The summed E-state index contributed by atoms with van der Waals surface area (Å²) in [4.78, 5) is 9.94. The van der Waals surface area contributed by atoms with Gasteiger partial charge in [0.25, 0.3) is 0 Å². The van der Waals surface area contributed by atoms with Crippen LogP contribution >= 0.6 is 0 Å². The van der Waals surface area contributed by atoms with Crippen LogP contribution in [0.5, 0.6) is 0 Å². The van der Waals surface area contributed by atoms with Crippen LogP contribution in [0.3, 0.4) is 0 Å². The van der Waals surface area contributed by atoms with E-state index in [-0.39, 0.29) is 0 Å². The van der Waals surface area contributed by atoms with Crippen molar-refractivity contribution in [1.82, 2.24) is 0 Å². The van der Waals surface area contributed by atoms with Crippen molar-refractivity contribution in [3.8, 4) is 0 Å². The van der Waals surface area contributed by atoms with E-state index in [9.17, 15) is 8.42 Å². The van der Waals surface area contributed by atoms with Crippen LogP contribution in [0.4, 0.5) is 0 Å². The minimum atomic E-state index is -3.50. The van der Waals surface area contributed by atoms with E-state index in [1.54, 1.807) is 48.5 Å². The van der Waals surface area contributed by atoms with Gasteiger partial charge in [0.1, 0.15) is 0 Å². The van der Waals surface area contributed by atoms with Gasteiger partial charge in [-0.25, -0.2) is 18.2 Å². The van der Waals surface area contributed by atoms with E-state index >= 15 is 0 Å². The number of rotatable bonds is 6. The summed E-state index contributed by atoms with van der Waals surface area (Å²) in [6.45, 7) is 0.303. The normalized spacial score (nSPS) is 11.4. The highest BCUT2D eigenvalue weighted by molar-refractivity contribution is 7.91. The lowest BCUT2D eigenvalue weighted by Crippen LogP contribution is -2.07. The van der Waals surface area contributed by atoms with E-state index in [0.29, 0.717) is 28.4 Å². The third-order valence-electron chi connectivity index (χ3n) is 2.89. The molecule has 2 rings (SSSR count). The summed E-state index contributed by atoms with van der Waals surface area (Å²) in [5.74, 6) is 0. The molecule has 0 aliphatic rings. The molecule has 5 heteroatoms. The maximum absolute atomic E-state index is 12.6. The van der Waals surface area contributed by atoms with E-state index < -0.39 is 9.84 Å². The van der Waals surface area contributed by atoms with Crippen molar-refractivity contribution in [3.63, 3.8) is 0 Å². The van der Waals surface area contributed by atoms with Crippen molar-refractivity contribution < 1.29 is 18.2 Å². The third-order valence-corrected chi connectivity index (χ3v) is 4.76. The van der Waals surface area contributed by atoms with Crippen molar-refractivity contribution in [3.05, 3.63) is 60.2 Å². The average Bonchev–Trinajstić information content (AvgIpc) is 2.49. The summed E-state index contributed by atoms with van der Waals surface area (Å²) < 4.78 is 25.2. The molecule has 0 N–H and O–H groups in total. The second kappa shape index (κ2) is 6.65. The van der Waals surface area contributed by atoms with E-state index in [0.717, 1.165) is 0 Å². The first-order valence-electron chi connectivity index (χ1n) is 6.20. The highest BCUT2D eigenvalue weighted by atomic mass is 32.2. The molecule has 0 aliphatic carbocycles. The topological polar surface area (TPSA) is 52.6 Å². The van der Waals surface area contributed by atoms with Gasteiger partial charge in [0.15, 0.2) is 0 Å². The Balaban J connectivity index is 2.37. The fourth-order valence-electron chi connectivity index (χ4n) is 1.93. The SMILES string of the molecule is COOCCc1ccccc1S(=O)(=O)c1ccccc1. The van der Waals surface area contributed by atoms with Gasteiger partial charge in [0.05, 0.1) is 23.5 Å². The van der Waals surface area contributed by atoms with E-state index in [4.69, 9.17) is 4.89 Å². The van der Waals surface area contributed by atoms with Gasteiger partial charge in [0.2, 0.25) is 9.84 Å². The minimum absolute atomic E-state index is 0.292. The number of hydrogen-bond acceptors (Lipinski definition) is 4. The van der Waals surface area contributed by atoms with E-state index in [2.05, 4.69) is 4.89 Å². The molecule has 0 aromatic heterocycles. The molecule has 0 bridgehead atoms. The Morgan fingerprint density at radius 3 is 2.30 bits per heavy atom. The zero-order valence-corrected chi connectivity index (χ0v) is 12.0. The fourth-order valence-corrected chi connectivity index (χ4v) is 3.48. The van der Waals surface area contributed by atoms with Crippen LogP contribution in [0.1, 0.15) is 5.56 Å². The number of hydrogen-bond donors (Lipinski definition) is 0. The third kappa shape index (κ3) is 3.25. The zero-order valence-electron chi connectivity index (χ0n) is 11.2. The second-order valence-corrected chi connectivity index (χ2v) is 6.08. The van der Waals surface area contributed by atoms with Crippen LogP contribution in [0.15, 0.2) is 64.4 Å². The predicted octanol–water partition coefficient (Wildman–Crippen LogP) is 2.64. The molecule has 0 amide bonds. The quantitative estimate of drug-likeness (QED) is 0.466. The van der Waals surface area contributed by atoms with Gasteiger partial charge in [-0.2, -0.15) is 0 Å². The molecular formula is C15H16O4S. The van der Waals surface area contributed by atoms with Gasteiger partial charge in [-0.1, -0.05) is 36.4 Å². The number of sulfone groups is 1. The second-order valence-electron chi connectivity index (χ2n) is 4.16. The molecule has 0 saturated carbocycles. The van der Waals surface area contributed by atoms with Crippen molar-refractivity contribution in [1.29, 1.82) is 0 Å². The molecule has 0 radical (unpaired) electrons. The predicted molar refractivity (Wildman–Crippen MR) is 75.0 cm³/mol. The summed E-state index contributed by atoms with van der Waals surface area (Å²) in [5, 5.41) is 0. The van der Waals surface area contributed by atoms with Crippen molar-refractivity contribution in [2.24, 2.45) is 0 Å². The Bertz CT molecular complexity index is 651. The molecule has 0 unspecified atom stereocenters. The Morgan fingerprint density at radius 2 is 1.60 bits per heavy atom. The fraction of sp³-hybridized carbons (Fsp3) is 0.200. The monoisotopic (exact) mass is 292 g/mol. The molecule has 0 spiro atoms. The minimum Gasteiger partial charge on any atom is -0.240 e. The molecule has 4 nitrogen and oxygen atoms in total. The lowest BCUT2D eigenvalue weighted by Gasteiger charge is -2.10. The summed E-state index contributed by atoms with van der Waals surface area (Å²) in [6, 6.07) is 15.3. The van der Waals surface area contributed by atoms with Gasteiger partial charge in [0, 0.05) is 6.42 Å². The maximum Gasteiger partial charge on any atom is 0.206 e. The van der Waals surface area contributed by atoms with Gasteiger partial charge < -0.3 is 0 Å². The van der Waals surface area contributed by atoms with Gasteiger partial charge in [-0.05, 0) is 23.8 Å². The summed E-state index contributed by atoms with van der Waals surface area (Å²) >= 11 is 0. The zero-order chi connectivity index (χ0) is 14.4. The molecule has 0 heterocycles. The molecule has 106 valence electrons. The summed E-state index contributed by atoms with van der Waals surface area (Å²) in [5.41, 5.74) is 0.716. The smallest absolute Gasteiger partial charge is 0.206 e. The van der Waals surface area contributed by atoms with Gasteiger partial charge in [-0.3, -0.25) is 0 Å². The lowest BCUT2D eigenvalue weighted by molar-refractivity contribution is -0.271. The Hall–Kier alpha value is -1.69. The molecule has 0 saturated heterocycles. The highest BCUT2D eigenvalue weighted by Crippen LogP contribution is 2.24. The Morgan fingerprint density at radius 1 is 0.950 bits per heavy atom. The van der Waals surface area contributed by atoms with Crippen LogP contribution in [0, 0.1) is 0 Å². The van der Waals surface area contributed by atoms with Crippen molar-refractivity contribution in [2.45, 2.75) is 16.2 Å². The van der Waals surface area contributed by atoms with Crippen LogP contribution in [0.25, 0.3) is 0 Å². The van der Waals surface area contributed by atoms with E-state index in [1.807, 2.05) is 6.07 Å². The lowest BCUT2D eigenvalue weighted by atomic mass is 10.2. The first kappa shape index (κ1) is 14.7. The molecule has 2 aromatic carbocycles. The van der Waals surface area contributed by atoms with Crippen LogP contribution in [-0.2, 0) is 26.0 Å². The standard InChI is InChI=1S/C15H16O4S/c1-18-19-12-11-13-7-5-6-10-15(13)20(16,17)14-8-3-2-4-9-14/h2-10H,11-12H2,1H3. The Labute approximate surface area is 118 Å². The molecule has 0 aliphatic heterocycles. The molecule has 0 atom stereocenters. The first-order valence-corrected chi connectivity index (χ1v) is 7.68. The molecule has 20 heavy (non-hydrogen) atoms. The van der Waals surface area contributed by atoms with Crippen LogP contribution < -0.4 is 0 Å². The van der Waals surface area contributed by atoms with Crippen molar-refractivity contribution in [2.75, 3.05) is 13.7 Å². The highest BCUT2D eigenvalue weighted by Gasteiger charge is 2.20. The molecule has 2 aromatic rings. The van der Waals surface area contributed by atoms with Gasteiger partial charge >= 0.3 is 0 Å². The van der Waals surface area contributed by atoms with Gasteiger partial charge in [-0.15, -0.1) is 0 Å². The van der Waals surface area contributed by atoms with Crippen molar-refractivity contribution >= 4 is 9.84 Å². The summed E-state index contributed by atoms with van der Waals surface area (Å²) in [7, 11) is -2.08. The largest absolute Gasteiger partial charge is 0.240 e. The van der Waals surface area contributed by atoms with Crippen LogP contribution in [0.2, 0.25) is 0 Å². The van der Waals surface area contributed by atoms with E-state index in [1.165, 1.54) is 7.11 Å². The maximum atomic E-state index is 12.6. The number of benzene rings is 2. The average molecular weight is 292 g/mol. The summed E-state index contributed by atoms with van der Waals surface area (Å²) in [6.07, 6.45) is 0.468.